The molecule has 0 spiro atoms. The number of rotatable bonds is 2. The lowest BCUT2D eigenvalue weighted by Gasteiger charge is -2.21. The third-order valence-electron chi connectivity index (χ3n) is 2.90. The maximum absolute atomic E-state index is 6.38. The Morgan fingerprint density at radius 3 is 2.33 bits per heavy atom. The van der Waals surface area contributed by atoms with Crippen LogP contribution in [0.5, 0.6) is 0 Å². The van der Waals surface area contributed by atoms with Crippen LogP contribution in [0.3, 0.4) is 0 Å². The van der Waals surface area contributed by atoms with Gasteiger partial charge in [0.2, 0.25) is 0 Å². The highest BCUT2D eigenvalue weighted by molar-refractivity contribution is 7.20. The first kappa shape index (κ1) is 14.1. The van der Waals surface area contributed by atoms with E-state index in [2.05, 4.69) is 26.1 Å². The van der Waals surface area contributed by atoms with Gasteiger partial charge in [-0.1, -0.05) is 44.0 Å². The van der Waals surface area contributed by atoms with Crippen LogP contribution in [0.2, 0.25) is 10.0 Å². The van der Waals surface area contributed by atoms with Crippen LogP contribution in [0.25, 0.3) is 10.1 Å². The highest BCUT2D eigenvalue weighted by Crippen LogP contribution is 2.44. The third kappa shape index (κ3) is 2.39. The van der Waals surface area contributed by atoms with E-state index in [1.807, 2.05) is 19.2 Å². The Morgan fingerprint density at radius 1 is 1.17 bits per heavy atom. The molecule has 1 heterocycles. The smallest absolute Gasteiger partial charge is 0.0585 e. The van der Waals surface area contributed by atoms with Gasteiger partial charge >= 0.3 is 0 Å². The van der Waals surface area contributed by atoms with Crippen molar-refractivity contribution in [2.45, 2.75) is 32.7 Å². The molecule has 18 heavy (non-hydrogen) atoms. The van der Waals surface area contributed by atoms with Crippen molar-refractivity contribution in [1.82, 2.24) is 5.32 Å². The summed E-state index contributed by atoms with van der Waals surface area (Å²) in [6.45, 7) is 7.49. The fourth-order valence-electron chi connectivity index (χ4n) is 2.26. The van der Waals surface area contributed by atoms with Crippen molar-refractivity contribution in [2.75, 3.05) is 7.05 Å². The molecule has 1 aromatic heterocycles. The zero-order valence-corrected chi connectivity index (χ0v) is 13.4. The zero-order chi connectivity index (χ0) is 13.5. The quantitative estimate of drug-likeness (QED) is 0.801. The van der Waals surface area contributed by atoms with Crippen molar-refractivity contribution in [2.24, 2.45) is 0 Å². The van der Waals surface area contributed by atoms with E-state index in [1.165, 1.54) is 10.4 Å². The summed E-state index contributed by atoms with van der Waals surface area (Å²) in [6.07, 6.45) is 0. The lowest BCUT2D eigenvalue weighted by Crippen LogP contribution is -2.15. The second-order valence-corrected chi connectivity index (χ2v) is 7.33. The largest absolute Gasteiger partial charge is 0.315 e. The fourth-order valence-corrected chi connectivity index (χ4v) is 4.29. The molecule has 1 aromatic carbocycles. The van der Waals surface area contributed by atoms with Crippen LogP contribution in [0, 0.1) is 0 Å². The molecule has 2 aromatic rings. The average Bonchev–Trinajstić information content (AvgIpc) is 2.64. The molecule has 4 heteroatoms. The number of benzene rings is 1. The van der Waals surface area contributed by atoms with Gasteiger partial charge in [0.05, 0.1) is 9.72 Å². The van der Waals surface area contributed by atoms with E-state index >= 15 is 0 Å². The summed E-state index contributed by atoms with van der Waals surface area (Å²) in [5.74, 6) is 0. The summed E-state index contributed by atoms with van der Waals surface area (Å²) in [5.41, 5.74) is 1.36. The van der Waals surface area contributed by atoms with Gasteiger partial charge in [-0.2, -0.15) is 0 Å². The summed E-state index contributed by atoms with van der Waals surface area (Å²) >= 11 is 14.4. The number of fused-ring (bicyclic) bond motifs is 1. The van der Waals surface area contributed by atoms with Crippen molar-refractivity contribution in [3.63, 3.8) is 0 Å². The molecule has 1 nitrogen and oxygen atoms in total. The molecule has 0 aliphatic rings. The molecule has 0 unspecified atom stereocenters. The molecule has 0 aliphatic carbocycles. The molecule has 0 saturated carbocycles. The lowest BCUT2D eigenvalue weighted by molar-refractivity contribution is 0.588. The van der Waals surface area contributed by atoms with Crippen LogP contribution in [-0.2, 0) is 12.0 Å². The SMILES string of the molecule is CNCc1sc2c(Cl)ccc(Cl)c2c1C(C)(C)C. The summed E-state index contributed by atoms with van der Waals surface area (Å²) in [5, 5.41) is 5.91. The monoisotopic (exact) mass is 301 g/mol. The van der Waals surface area contributed by atoms with E-state index in [0.29, 0.717) is 0 Å². The summed E-state index contributed by atoms with van der Waals surface area (Å²) in [6, 6.07) is 3.76. The third-order valence-corrected chi connectivity index (χ3v) is 4.87. The minimum atomic E-state index is 0.0543. The molecule has 0 radical (unpaired) electrons. The molecule has 0 saturated heterocycles. The molecule has 98 valence electrons. The van der Waals surface area contributed by atoms with Gasteiger partial charge in [-0.05, 0) is 30.2 Å². The highest BCUT2D eigenvalue weighted by Gasteiger charge is 2.25. The van der Waals surface area contributed by atoms with Crippen molar-refractivity contribution in [3.8, 4) is 0 Å². The molecule has 0 aliphatic heterocycles. The number of hydrogen-bond donors (Lipinski definition) is 1. The van der Waals surface area contributed by atoms with Gasteiger partial charge in [0.15, 0.2) is 0 Å². The first-order valence-corrected chi connectivity index (χ1v) is 7.48. The van der Waals surface area contributed by atoms with E-state index < -0.39 is 0 Å². The summed E-state index contributed by atoms with van der Waals surface area (Å²) in [4.78, 5) is 1.31. The summed E-state index contributed by atoms with van der Waals surface area (Å²) in [7, 11) is 1.96. The van der Waals surface area contributed by atoms with E-state index in [1.54, 1.807) is 11.3 Å². The van der Waals surface area contributed by atoms with Gasteiger partial charge in [-0.25, -0.2) is 0 Å². The normalized spacial score (nSPS) is 12.3. The van der Waals surface area contributed by atoms with E-state index in [-0.39, 0.29) is 5.41 Å². The fraction of sp³-hybridized carbons (Fsp3) is 0.429. The molecule has 0 amide bonds. The van der Waals surface area contributed by atoms with Gasteiger partial charge in [0.1, 0.15) is 0 Å². The second-order valence-electron chi connectivity index (χ2n) is 5.41. The zero-order valence-electron chi connectivity index (χ0n) is 11.0. The minimum Gasteiger partial charge on any atom is -0.315 e. The molecular weight excluding hydrogens is 285 g/mol. The Hall–Kier alpha value is -0.280. The van der Waals surface area contributed by atoms with E-state index in [4.69, 9.17) is 23.2 Å². The molecule has 1 N–H and O–H groups in total. The van der Waals surface area contributed by atoms with Crippen LogP contribution in [0.4, 0.5) is 0 Å². The molecule has 0 fully saturated rings. The van der Waals surface area contributed by atoms with E-state index in [9.17, 15) is 0 Å². The topological polar surface area (TPSA) is 12.0 Å². The minimum absolute atomic E-state index is 0.0543. The van der Waals surface area contributed by atoms with Gasteiger partial charge < -0.3 is 5.32 Å². The predicted molar refractivity (Wildman–Crippen MR) is 83.3 cm³/mol. The Bertz CT molecular complexity index is 581. The van der Waals surface area contributed by atoms with Crippen molar-refractivity contribution in [3.05, 3.63) is 32.6 Å². The number of nitrogens with one attached hydrogen (secondary N) is 1. The Labute approximate surface area is 122 Å². The number of hydrogen-bond acceptors (Lipinski definition) is 2. The van der Waals surface area contributed by atoms with Gasteiger partial charge in [-0.3, -0.25) is 0 Å². The van der Waals surface area contributed by atoms with Crippen LogP contribution in [-0.4, -0.2) is 7.05 Å². The molecule has 2 rings (SSSR count). The van der Waals surface area contributed by atoms with Crippen LogP contribution < -0.4 is 5.32 Å². The van der Waals surface area contributed by atoms with Crippen molar-refractivity contribution in [1.29, 1.82) is 0 Å². The van der Waals surface area contributed by atoms with Gasteiger partial charge in [0, 0.05) is 21.8 Å². The molecular formula is C14H17Cl2NS. The Balaban J connectivity index is 2.85. The van der Waals surface area contributed by atoms with Crippen molar-refractivity contribution >= 4 is 44.6 Å². The van der Waals surface area contributed by atoms with Crippen LogP contribution in [0.1, 0.15) is 31.2 Å². The maximum atomic E-state index is 6.38. The van der Waals surface area contributed by atoms with Gasteiger partial charge in [-0.15, -0.1) is 11.3 Å². The Morgan fingerprint density at radius 2 is 1.78 bits per heavy atom. The molecule has 0 atom stereocenters. The van der Waals surface area contributed by atoms with Crippen molar-refractivity contribution < 1.29 is 0 Å². The first-order chi connectivity index (χ1) is 8.36. The number of thiophene rings is 1. The standard InChI is InChI=1S/C14H17Cl2NS/c1-14(2,3)12-10(7-17-4)18-13-9(16)6-5-8(15)11(12)13/h5-6,17H,7H2,1-4H3. The average molecular weight is 302 g/mol. The predicted octanol–water partition coefficient (Wildman–Crippen LogP) is 5.23. The maximum Gasteiger partial charge on any atom is 0.0585 e. The first-order valence-electron chi connectivity index (χ1n) is 5.90. The van der Waals surface area contributed by atoms with Gasteiger partial charge in [0.25, 0.3) is 0 Å². The highest BCUT2D eigenvalue weighted by atomic mass is 35.5. The van der Waals surface area contributed by atoms with Crippen LogP contribution >= 0.6 is 34.5 Å². The Kier molecular flexibility index (Phi) is 3.93. The van der Waals surface area contributed by atoms with E-state index in [0.717, 1.165) is 26.7 Å². The lowest BCUT2D eigenvalue weighted by atomic mass is 9.85. The summed E-state index contributed by atoms with van der Waals surface area (Å²) < 4.78 is 1.10. The number of halogens is 2. The second kappa shape index (κ2) is 5.01. The van der Waals surface area contributed by atoms with Crippen LogP contribution in [0.15, 0.2) is 12.1 Å². The molecule has 0 bridgehead atoms.